The number of allylic oxidation sites excluding steroid dienone is 2. The van der Waals surface area contributed by atoms with Crippen LogP contribution in [0, 0.1) is 0 Å². The molecule has 0 aliphatic rings. The van der Waals surface area contributed by atoms with Crippen molar-refractivity contribution in [1.82, 2.24) is 0 Å². The lowest BCUT2D eigenvalue weighted by atomic mass is 10.2. The van der Waals surface area contributed by atoms with Gasteiger partial charge in [-0.05, 0) is 44.0 Å². The molecule has 90 valence electrons. The predicted molar refractivity (Wildman–Crippen MR) is 75.1 cm³/mol. The van der Waals surface area contributed by atoms with Crippen molar-refractivity contribution in [3.8, 4) is 0 Å². The Bertz CT molecular complexity index is 216. The molecule has 0 atom stereocenters. The molecule has 0 aliphatic heterocycles. The summed E-state index contributed by atoms with van der Waals surface area (Å²) in [5, 5.41) is 1.36. The fourth-order valence-electron chi connectivity index (χ4n) is 0.980. The summed E-state index contributed by atoms with van der Waals surface area (Å²) < 4.78 is 6.13. The van der Waals surface area contributed by atoms with Crippen LogP contribution in [-0.4, -0.2) is 13.6 Å². The van der Waals surface area contributed by atoms with Crippen LogP contribution in [-0.2, 0) is 4.43 Å². The molecule has 0 N–H and O–H groups in total. The number of hydrogen-bond acceptors (Lipinski definition) is 1. The molecule has 0 aromatic carbocycles. The first-order valence-electron chi connectivity index (χ1n) is 5.62. The van der Waals surface area contributed by atoms with Crippen molar-refractivity contribution < 1.29 is 4.43 Å². The van der Waals surface area contributed by atoms with Gasteiger partial charge in [0.05, 0.1) is 5.76 Å². The van der Waals surface area contributed by atoms with Gasteiger partial charge in [-0.3, -0.25) is 0 Å². The Morgan fingerprint density at radius 2 is 1.87 bits per heavy atom. The van der Waals surface area contributed by atoms with E-state index in [-0.39, 0.29) is 5.04 Å². The Hall–Kier alpha value is 0.237. The lowest BCUT2D eigenvalue weighted by Crippen LogP contribution is -2.40. The van der Waals surface area contributed by atoms with E-state index in [9.17, 15) is 0 Å². The summed E-state index contributed by atoms with van der Waals surface area (Å²) >= 11 is 3.43. The number of alkyl halides is 1. The summed E-state index contributed by atoms with van der Waals surface area (Å²) in [6, 6.07) is 0. The van der Waals surface area contributed by atoms with Gasteiger partial charge in [0.15, 0.2) is 0 Å². The smallest absolute Gasteiger partial charge is 0.250 e. The lowest BCUT2D eigenvalue weighted by molar-refractivity contribution is 0.384. The summed E-state index contributed by atoms with van der Waals surface area (Å²) in [5.41, 5.74) is 0. The van der Waals surface area contributed by atoms with E-state index >= 15 is 0 Å². The standard InChI is InChI=1S/C12H25BrOSi/c1-11(9-7-8-10-13)14-15(5,6)12(2,3)4/h9H,7-8,10H2,1-6H3/b11-9+. The van der Waals surface area contributed by atoms with E-state index in [4.69, 9.17) is 4.43 Å². The zero-order chi connectivity index (χ0) is 12.1. The zero-order valence-electron chi connectivity index (χ0n) is 11.0. The number of unbranched alkanes of at least 4 members (excludes halogenated alkanes) is 1. The highest BCUT2D eigenvalue weighted by molar-refractivity contribution is 9.09. The third kappa shape index (κ3) is 5.76. The average Bonchev–Trinajstić information content (AvgIpc) is 2.01. The third-order valence-electron chi connectivity index (χ3n) is 2.99. The van der Waals surface area contributed by atoms with Crippen LogP contribution in [0.5, 0.6) is 0 Å². The van der Waals surface area contributed by atoms with Gasteiger partial charge < -0.3 is 4.43 Å². The van der Waals surface area contributed by atoms with Crippen LogP contribution >= 0.6 is 15.9 Å². The van der Waals surface area contributed by atoms with Crippen LogP contribution in [0.15, 0.2) is 11.8 Å². The summed E-state index contributed by atoms with van der Waals surface area (Å²) in [6.45, 7) is 13.5. The maximum absolute atomic E-state index is 6.13. The summed E-state index contributed by atoms with van der Waals surface area (Å²) in [6.07, 6.45) is 4.49. The monoisotopic (exact) mass is 292 g/mol. The molecule has 0 saturated heterocycles. The molecule has 0 radical (unpaired) electrons. The SMILES string of the molecule is C/C(=C\CCCBr)O[Si](C)(C)C(C)(C)C. The Morgan fingerprint density at radius 1 is 1.33 bits per heavy atom. The normalized spacial score (nSPS) is 14.2. The number of rotatable bonds is 5. The van der Waals surface area contributed by atoms with Crippen molar-refractivity contribution in [2.75, 3.05) is 5.33 Å². The van der Waals surface area contributed by atoms with Crippen LogP contribution < -0.4 is 0 Å². The molecule has 1 nitrogen and oxygen atoms in total. The van der Waals surface area contributed by atoms with Crippen molar-refractivity contribution in [3.05, 3.63) is 11.8 Å². The molecule has 0 fully saturated rings. The van der Waals surface area contributed by atoms with Crippen molar-refractivity contribution in [2.24, 2.45) is 0 Å². The van der Waals surface area contributed by atoms with Crippen LogP contribution in [0.25, 0.3) is 0 Å². The minimum absolute atomic E-state index is 0.289. The zero-order valence-corrected chi connectivity index (χ0v) is 13.6. The largest absolute Gasteiger partial charge is 0.547 e. The van der Waals surface area contributed by atoms with Gasteiger partial charge in [0.25, 0.3) is 0 Å². The molecule has 0 bridgehead atoms. The second-order valence-corrected chi connectivity index (χ2v) is 11.0. The first-order valence-corrected chi connectivity index (χ1v) is 9.65. The second-order valence-electron chi connectivity index (χ2n) is 5.51. The van der Waals surface area contributed by atoms with E-state index < -0.39 is 8.32 Å². The Kier molecular flexibility index (Phi) is 6.19. The van der Waals surface area contributed by atoms with Crippen LogP contribution in [0.4, 0.5) is 0 Å². The van der Waals surface area contributed by atoms with Gasteiger partial charge in [-0.2, -0.15) is 0 Å². The Balaban J connectivity index is 4.27. The van der Waals surface area contributed by atoms with E-state index in [1.807, 2.05) is 0 Å². The molecule has 0 aromatic rings. The predicted octanol–water partition coefficient (Wildman–Crippen LogP) is 5.09. The molecule has 0 rings (SSSR count). The Morgan fingerprint density at radius 3 is 2.27 bits per heavy atom. The molecule has 0 spiro atoms. The van der Waals surface area contributed by atoms with Crippen molar-refractivity contribution in [1.29, 1.82) is 0 Å². The quantitative estimate of drug-likeness (QED) is 0.297. The van der Waals surface area contributed by atoms with E-state index in [1.54, 1.807) is 0 Å². The first-order chi connectivity index (χ1) is 6.70. The topological polar surface area (TPSA) is 9.23 Å². The van der Waals surface area contributed by atoms with Gasteiger partial charge in [-0.1, -0.05) is 36.7 Å². The molecular weight excluding hydrogens is 268 g/mol. The lowest BCUT2D eigenvalue weighted by Gasteiger charge is -2.36. The number of halogens is 1. The van der Waals surface area contributed by atoms with E-state index in [0.29, 0.717) is 0 Å². The molecule has 0 heterocycles. The fraction of sp³-hybridized carbons (Fsp3) is 0.833. The van der Waals surface area contributed by atoms with Gasteiger partial charge >= 0.3 is 0 Å². The highest BCUT2D eigenvalue weighted by Crippen LogP contribution is 2.37. The van der Waals surface area contributed by atoms with Crippen molar-refractivity contribution >= 4 is 24.2 Å². The highest BCUT2D eigenvalue weighted by Gasteiger charge is 2.38. The maximum Gasteiger partial charge on any atom is 0.250 e. The molecule has 3 heteroatoms. The van der Waals surface area contributed by atoms with Gasteiger partial charge in [-0.25, -0.2) is 0 Å². The van der Waals surface area contributed by atoms with Crippen LogP contribution in [0.1, 0.15) is 40.5 Å². The highest BCUT2D eigenvalue weighted by atomic mass is 79.9. The second kappa shape index (κ2) is 6.09. The van der Waals surface area contributed by atoms with E-state index in [0.717, 1.165) is 17.5 Å². The molecule has 0 aromatic heterocycles. The third-order valence-corrected chi connectivity index (χ3v) is 8.00. The molecule has 0 unspecified atom stereocenters. The van der Waals surface area contributed by atoms with Crippen LogP contribution in [0.3, 0.4) is 0 Å². The molecule has 0 amide bonds. The summed E-state index contributed by atoms with van der Waals surface area (Å²) in [4.78, 5) is 0. The minimum Gasteiger partial charge on any atom is -0.547 e. The van der Waals surface area contributed by atoms with Crippen molar-refractivity contribution in [2.45, 2.75) is 58.7 Å². The molecule has 0 saturated carbocycles. The summed E-state index contributed by atoms with van der Waals surface area (Å²) in [7, 11) is -1.61. The van der Waals surface area contributed by atoms with Crippen LogP contribution in [0.2, 0.25) is 18.1 Å². The van der Waals surface area contributed by atoms with Gasteiger partial charge in [-0.15, -0.1) is 0 Å². The maximum atomic E-state index is 6.13. The molecular formula is C12H25BrOSi. The van der Waals surface area contributed by atoms with Gasteiger partial charge in [0, 0.05) is 5.33 Å². The molecule has 0 aliphatic carbocycles. The fourth-order valence-corrected chi connectivity index (χ4v) is 2.50. The Labute approximate surface area is 105 Å². The van der Waals surface area contributed by atoms with E-state index in [1.165, 1.54) is 6.42 Å². The van der Waals surface area contributed by atoms with Gasteiger partial charge in [0.2, 0.25) is 8.32 Å². The van der Waals surface area contributed by atoms with Crippen molar-refractivity contribution in [3.63, 3.8) is 0 Å². The van der Waals surface area contributed by atoms with Gasteiger partial charge in [0.1, 0.15) is 0 Å². The summed E-state index contributed by atoms with van der Waals surface area (Å²) in [5.74, 6) is 1.10. The average molecular weight is 293 g/mol. The molecule has 15 heavy (non-hydrogen) atoms. The first kappa shape index (κ1) is 15.2. The van der Waals surface area contributed by atoms with E-state index in [2.05, 4.69) is 62.8 Å². The number of hydrogen-bond donors (Lipinski definition) is 0. The minimum atomic E-state index is -1.61.